The number of fused-ring (bicyclic) bond motifs is 1. The molecule has 0 aliphatic carbocycles. The molecule has 3 rings (SSSR count). The Hall–Kier alpha value is -2.20. The summed E-state index contributed by atoms with van der Waals surface area (Å²) in [6.07, 6.45) is 1.83. The van der Waals surface area contributed by atoms with Crippen molar-refractivity contribution in [1.82, 2.24) is 9.38 Å². The molecule has 3 aromatic rings. The van der Waals surface area contributed by atoms with E-state index in [9.17, 15) is 0 Å². The third-order valence-electron chi connectivity index (χ3n) is 3.73. The van der Waals surface area contributed by atoms with E-state index < -0.39 is 0 Å². The Morgan fingerprint density at radius 1 is 1.00 bits per heavy atom. The maximum absolute atomic E-state index is 6.15. The molecule has 0 radical (unpaired) electrons. The number of aromatic nitrogens is 2. The number of azo groups is 1. The summed E-state index contributed by atoms with van der Waals surface area (Å²) in [5, 5.41) is 9.61. The van der Waals surface area contributed by atoms with Crippen LogP contribution in [0.5, 0.6) is 0 Å². The van der Waals surface area contributed by atoms with Crippen LogP contribution in [0, 0.1) is 13.8 Å². The summed E-state index contributed by atoms with van der Waals surface area (Å²) in [5.74, 6) is 0.721. The fourth-order valence-electron chi connectivity index (χ4n) is 2.72. The lowest BCUT2D eigenvalue weighted by Crippen LogP contribution is -2.11. The average molecular weight is 341 g/mol. The normalized spacial score (nSPS) is 12.4. The first-order chi connectivity index (χ1) is 11.2. The van der Waals surface area contributed by atoms with E-state index in [1.54, 1.807) is 0 Å². The molecule has 4 nitrogen and oxygen atoms in total. The highest BCUT2D eigenvalue weighted by Gasteiger charge is 2.24. The van der Waals surface area contributed by atoms with Gasteiger partial charge < -0.3 is 0 Å². The molecule has 124 valence electrons. The zero-order valence-corrected chi connectivity index (χ0v) is 15.4. The number of pyridine rings is 1. The second-order valence-corrected chi connectivity index (χ2v) is 7.59. The minimum atomic E-state index is -0.143. The van der Waals surface area contributed by atoms with E-state index in [2.05, 4.69) is 50.9 Å². The van der Waals surface area contributed by atoms with Crippen molar-refractivity contribution in [2.45, 2.75) is 40.0 Å². The van der Waals surface area contributed by atoms with E-state index in [4.69, 9.17) is 16.6 Å². The second-order valence-electron chi connectivity index (χ2n) is 7.16. The summed E-state index contributed by atoms with van der Waals surface area (Å²) in [6.45, 7) is 10.5. The minimum absolute atomic E-state index is 0.143. The van der Waals surface area contributed by atoms with Crippen molar-refractivity contribution in [3.8, 4) is 0 Å². The Balaban J connectivity index is 2.16. The highest BCUT2D eigenvalue weighted by molar-refractivity contribution is 6.30. The van der Waals surface area contributed by atoms with Crippen LogP contribution in [0.25, 0.3) is 5.65 Å². The SMILES string of the molecule is Cc1cc(C)cc(N=Nc2c(C(C)(C)C)nc3ccc(Cl)cn23)c1. The van der Waals surface area contributed by atoms with Crippen LogP contribution in [-0.2, 0) is 5.41 Å². The van der Waals surface area contributed by atoms with Gasteiger partial charge in [-0.2, -0.15) is 0 Å². The Kier molecular flexibility index (Phi) is 4.18. The quantitative estimate of drug-likeness (QED) is 0.503. The minimum Gasteiger partial charge on any atom is -0.281 e. The molecule has 0 aliphatic heterocycles. The summed E-state index contributed by atoms with van der Waals surface area (Å²) in [4.78, 5) is 4.72. The van der Waals surface area contributed by atoms with Gasteiger partial charge in [-0.25, -0.2) is 4.98 Å². The van der Waals surface area contributed by atoms with Crippen molar-refractivity contribution < 1.29 is 0 Å². The van der Waals surface area contributed by atoms with Gasteiger partial charge >= 0.3 is 0 Å². The highest BCUT2D eigenvalue weighted by Crippen LogP contribution is 2.33. The largest absolute Gasteiger partial charge is 0.281 e. The Morgan fingerprint density at radius 2 is 1.67 bits per heavy atom. The van der Waals surface area contributed by atoms with Gasteiger partial charge in [0.1, 0.15) is 5.65 Å². The van der Waals surface area contributed by atoms with E-state index in [-0.39, 0.29) is 5.41 Å². The monoisotopic (exact) mass is 340 g/mol. The lowest BCUT2D eigenvalue weighted by molar-refractivity contribution is 0.574. The molecule has 2 aromatic heterocycles. The number of rotatable bonds is 2. The Labute approximate surface area is 147 Å². The molecule has 0 N–H and O–H groups in total. The van der Waals surface area contributed by atoms with Crippen molar-refractivity contribution in [1.29, 1.82) is 0 Å². The predicted octanol–water partition coefficient (Wildman–Crippen LogP) is 6.32. The zero-order chi connectivity index (χ0) is 17.5. The molecule has 24 heavy (non-hydrogen) atoms. The van der Waals surface area contributed by atoms with Crippen LogP contribution in [0.2, 0.25) is 5.02 Å². The van der Waals surface area contributed by atoms with Crippen LogP contribution in [0.1, 0.15) is 37.6 Å². The van der Waals surface area contributed by atoms with E-state index in [0.717, 1.165) is 22.8 Å². The molecule has 0 aliphatic rings. The van der Waals surface area contributed by atoms with Gasteiger partial charge in [0.2, 0.25) is 0 Å². The molecule has 0 saturated carbocycles. The van der Waals surface area contributed by atoms with Crippen molar-refractivity contribution in [3.63, 3.8) is 0 Å². The number of benzene rings is 1. The molecule has 0 atom stereocenters. The van der Waals surface area contributed by atoms with Gasteiger partial charge in [0, 0.05) is 11.6 Å². The highest BCUT2D eigenvalue weighted by atomic mass is 35.5. The molecule has 1 aromatic carbocycles. The predicted molar refractivity (Wildman–Crippen MR) is 99.0 cm³/mol. The van der Waals surface area contributed by atoms with E-state index >= 15 is 0 Å². The molecule has 5 heteroatoms. The van der Waals surface area contributed by atoms with Crippen molar-refractivity contribution in [2.75, 3.05) is 0 Å². The summed E-state index contributed by atoms with van der Waals surface area (Å²) in [7, 11) is 0. The van der Waals surface area contributed by atoms with E-state index in [0.29, 0.717) is 5.02 Å². The van der Waals surface area contributed by atoms with Crippen LogP contribution in [0.15, 0.2) is 46.8 Å². The lowest BCUT2D eigenvalue weighted by Gasteiger charge is -2.15. The average Bonchev–Trinajstić information content (AvgIpc) is 2.82. The number of hydrogen-bond acceptors (Lipinski definition) is 3. The summed E-state index contributed by atoms with van der Waals surface area (Å²) in [6, 6.07) is 9.88. The first-order valence-corrected chi connectivity index (χ1v) is 8.30. The maximum Gasteiger partial charge on any atom is 0.183 e. The van der Waals surface area contributed by atoms with Gasteiger partial charge in [0.05, 0.1) is 16.4 Å². The fourth-order valence-corrected chi connectivity index (χ4v) is 2.88. The second kappa shape index (κ2) is 6.02. The smallest absolute Gasteiger partial charge is 0.183 e. The Morgan fingerprint density at radius 3 is 2.29 bits per heavy atom. The number of hydrogen-bond donors (Lipinski definition) is 0. The molecule has 0 spiro atoms. The van der Waals surface area contributed by atoms with Crippen LogP contribution in [-0.4, -0.2) is 9.38 Å². The standard InChI is InChI=1S/C19H21ClN4/c1-12-8-13(2)10-15(9-12)22-23-18-17(19(3,4)5)21-16-7-6-14(20)11-24(16)18/h6-11H,1-5H3. The molecular weight excluding hydrogens is 320 g/mol. The van der Waals surface area contributed by atoms with Gasteiger partial charge in [0.25, 0.3) is 0 Å². The number of halogens is 1. The van der Waals surface area contributed by atoms with E-state index in [1.165, 1.54) is 11.1 Å². The summed E-state index contributed by atoms with van der Waals surface area (Å²) >= 11 is 6.15. The van der Waals surface area contributed by atoms with Gasteiger partial charge in [-0.1, -0.05) is 38.4 Å². The Bertz CT molecular complexity index is 912. The van der Waals surface area contributed by atoms with Crippen molar-refractivity contribution >= 4 is 28.8 Å². The fraction of sp³-hybridized carbons (Fsp3) is 0.316. The lowest BCUT2D eigenvalue weighted by atomic mass is 9.92. The molecule has 0 amide bonds. The van der Waals surface area contributed by atoms with E-state index in [1.807, 2.05) is 34.9 Å². The number of nitrogens with zero attached hydrogens (tertiary/aromatic N) is 4. The zero-order valence-electron chi connectivity index (χ0n) is 14.6. The molecule has 0 saturated heterocycles. The number of aryl methyl sites for hydroxylation is 2. The van der Waals surface area contributed by atoms with Gasteiger partial charge in [-0.3, -0.25) is 4.40 Å². The molecule has 0 unspecified atom stereocenters. The molecule has 0 fully saturated rings. The molecular formula is C19H21ClN4. The summed E-state index contributed by atoms with van der Waals surface area (Å²) < 4.78 is 1.90. The third kappa shape index (κ3) is 3.34. The van der Waals surface area contributed by atoms with Crippen LogP contribution in [0.4, 0.5) is 11.5 Å². The van der Waals surface area contributed by atoms with Crippen LogP contribution < -0.4 is 0 Å². The maximum atomic E-state index is 6.15. The van der Waals surface area contributed by atoms with Crippen LogP contribution >= 0.6 is 11.6 Å². The topological polar surface area (TPSA) is 42.0 Å². The third-order valence-corrected chi connectivity index (χ3v) is 3.96. The number of imidazole rings is 1. The van der Waals surface area contributed by atoms with Gasteiger partial charge in [-0.05, 0) is 49.2 Å². The van der Waals surface area contributed by atoms with Gasteiger partial charge in [-0.15, -0.1) is 10.2 Å². The first-order valence-electron chi connectivity index (χ1n) is 7.92. The first kappa shape index (κ1) is 16.7. The summed E-state index contributed by atoms with van der Waals surface area (Å²) in [5.41, 5.74) is 4.75. The van der Waals surface area contributed by atoms with Crippen molar-refractivity contribution in [3.05, 3.63) is 58.4 Å². The van der Waals surface area contributed by atoms with Crippen LogP contribution in [0.3, 0.4) is 0 Å². The van der Waals surface area contributed by atoms with Gasteiger partial charge in [0.15, 0.2) is 5.82 Å². The molecule has 2 heterocycles. The van der Waals surface area contributed by atoms with Crippen molar-refractivity contribution in [2.24, 2.45) is 10.2 Å². The molecule has 0 bridgehead atoms.